The van der Waals surface area contributed by atoms with Crippen molar-refractivity contribution in [1.29, 1.82) is 0 Å². The topological polar surface area (TPSA) is 57.5 Å². The first kappa shape index (κ1) is 15.0. The van der Waals surface area contributed by atoms with Gasteiger partial charge in [0.1, 0.15) is 5.92 Å². The highest BCUT2D eigenvalue weighted by Gasteiger charge is 2.34. The maximum absolute atomic E-state index is 11.4. The number of benzene rings is 1. The zero-order valence-corrected chi connectivity index (χ0v) is 12.3. The molecule has 0 radical (unpaired) electrons. The maximum atomic E-state index is 11.4. The summed E-state index contributed by atoms with van der Waals surface area (Å²) in [4.78, 5) is 11.4. The molecule has 1 aliphatic rings. The summed E-state index contributed by atoms with van der Waals surface area (Å²) in [7, 11) is 0. The fourth-order valence-electron chi connectivity index (χ4n) is 3.25. The van der Waals surface area contributed by atoms with Crippen molar-refractivity contribution in [3.05, 3.63) is 35.4 Å². The molecule has 0 heterocycles. The summed E-state index contributed by atoms with van der Waals surface area (Å²) < 4.78 is 0. The minimum atomic E-state index is -1.27. The van der Waals surface area contributed by atoms with E-state index < -0.39 is 17.5 Å². The van der Waals surface area contributed by atoms with Crippen molar-refractivity contribution in [3.8, 4) is 0 Å². The first-order chi connectivity index (χ1) is 9.39. The second-order valence-electron chi connectivity index (χ2n) is 6.43. The van der Waals surface area contributed by atoms with Crippen molar-refractivity contribution >= 4 is 5.97 Å². The molecule has 3 heteroatoms. The average molecular weight is 276 g/mol. The highest BCUT2D eigenvalue weighted by Crippen LogP contribution is 2.34. The minimum absolute atomic E-state index is 0.614. The molecule has 2 N–H and O–H groups in total. The molecule has 0 bridgehead atoms. The van der Waals surface area contributed by atoms with Crippen molar-refractivity contribution in [2.75, 3.05) is 0 Å². The summed E-state index contributed by atoms with van der Waals surface area (Å²) in [5.74, 6) is -1.26. The van der Waals surface area contributed by atoms with Gasteiger partial charge in [0, 0.05) is 0 Å². The van der Waals surface area contributed by atoms with Gasteiger partial charge in [0.05, 0.1) is 5.60 Å². The van der Waals surface area contributed by atoms with Gasteiger partial charge in [-0.1, -0.05) is 43.5 Å². The van der Waals surface area contributed by atoms with Crippen molar-refractivity contribution in [3.63, 3.8) is 0 Å². The molecule has 1 aromatic rings. The number of aliphatic hydroxyl groups is 1. The Morgan fingerprint density at radius 1 is 1.15 bits per heavy atom. The predicted octanol–water partition coefficient (Wildman–Crippen LogP) is 3.67. The van der Waals surface area contributed by atoms with E-state index in [-0.39, 0.29) is 0 Å². The Kier molecular flexibility index (Phi) is 4.48. The zero-order valence-electron chi connectivity index (χ0n) is 12.3. The number of carbonyl (C=O) groups is 1. The highest BCUT2D eigenvalue weighted by molar-refractivity contribution is 5.77. The van der Waals surface area contributed by atoms with Crippen molar-refractivity contribution in [2.24, 2.45) is 0 Å². The van der Waals surface area contributed by atoms with Crippen LogP contribution in [0.4, 0.5) is 0 Å². The summed E-state index contributed by atoms with van der Waals surface area (Å²) in [6, 6.07) is 7.79. The number of carboxylic acids is 1. The van der Waals surface area contributed by atoms with Gasteiger partial charge >= 0.3 is 5.97 Å². The Morgan fingerprint density at radius 2 is 1.70 bits per heavy atom. The first-order valence-corrected chi connectivity index (χ1v) is 7.44. The molecule has 20 heavy (non-hydrogen) atoms. The summed E-state index contributed by atoms with van der Waals surface area (Å²) >= 11 is 0. The molecule has 110 valence electrons. The molecular weight excluding hydrogens is 252 g/mol. The second-order valence-corrected chi connectivity index (χ2v) is 6.43. The molecule has 0 spiro atoms. The minimum Gasteiger partial charge on any atom is -0.481 e. The Bertz CT molecular complexity index is 450. The third-order valence-electron chi connectivity index (χ3n) is 4.30. The Hall–Kier alpha value is -1.35. The van der Waals surface area contributed by atoms with Crippen LogP contribution in [0.3, 0.4) is 0 Å². The zero-order chi connectivity index (χ0) is 14.8. The predicted molar refractivity (Wildman–Crippen MR) is 78.9 cm³/mol. The lowest BCUT2D eigenvalue weighted by atomic mass is 9.81. The molecule has 3 nitrogen and oxygen atoms in total. The molecule has 0 aromatic heterocycles. The van der Waals surface area contributed by atoms with Crippen molar-refractivity contribution < 1.29 is 15.0 Å². The number of hydrogen-bond acceptors (Lipinski definition) is 2. The van der Waals surface area contributed by atoms with E-state index in [1.165, 1.54) is 37.7 Å². The second kappa shape index (κ2) is 5.96. The third kappa shape index (κ3) is 3.40. The number of hydrogen-bond donors (Lipinski definition) is 2. The number of rotatable bonds is 4. The smallest absolute Gasteiger partial charge is 0.313 e. The van der Waals surface area contributed by atoms with E-state index >= 15 is 0 Å². The molecule has 1 fully saturated rings. The van der Waals surface area contributed by atoms with Gasteiger partial charge in [0.2, 0.25) is 0 Å². The van der Waals surface area contributed by atoms with Gasteiger partial charge in [-0.05, 0) is 43.7 Å². The SMILES string of the molecule is CC(C)(O)C(C(=O)O)c1ccc(C2CCCCC2)cc1. The van der Waals surface area contributed by atoms with Crippen LogP contribution in [0, 0.1) is 0 Å². The van der Waals surface area contributed by atoms with Gasteiger partial charge in [0.25, 0.3) is 0 Å². The monoisotopic (exact) mass is 276 g/mol. The lowest BCUT2D eigenvalue weighted by molar-refractivity contribution is -0.144. The van der Waals surface area contributed by atoms with Crippen LogP contribution in [0.1, 0.15) is 68.9 Å². The molecule has 1 saturated carbocycles. The van der Waals surface area contributed by atoms with E-state index in [1.807, 2.05) is 24.3 Å². The molecule has 1 atom stereocenters. The van der Waals surface area contributed by atoms with Gasteiger partial charge in [-0.15, -0.1) is 0 Å². The van der Waals surface area contributed by atoms with Crippen molar-refractivity contribution in [1.82, 2.24) is 0 Å². The summed E-state index contributed by atoms with van der Waals surface area (Å²) in [6.07, 6.45) is 6.36. The van der Waals surface area contributed by atoms with E-state index in [2.05, 4.69) is 0 Å². The largest absolute Gasteiger partial charge is 0.481 e. The summed E-state index contributed by atoms with van der Waals surface area (Å²) in [6.45, 7) is 3.08. The van der Waals surface area contributed by atoms with E-state index in [4.69, 9.17) is 0 Å². The molecular formula is C17H24O3. The standard InChI is InChI=1S/C17H24O3/c1-17(2,20)15(16(18)19)14-10-8-13(9-11-14)12-6-4-3-5-7-12/h8-12,15,20H,3-7H2,1-2H3,(H,18,19). The fourth-order valence-corrected chi connectivity index (χ4v) is 3.25. The van der Waals surface area contributed by atoms with Crippen LogP contribution in [-0.4, -0.2) is 21.8 Å². The van der Waals surface area contributed by atoms with Gasteiger partial charge in [-0.25, -0.2) is 0 Å². The lowest BCUT2D eigenvalue weighted by Crippen LogP contribution is -2.34. The van der Waals surface area contributed by atoms with E-state index in [1.54, 1.807) is 13.8 Å². The average Bonchev–Trinajstić information content (AvgIpc) is 2.38. The number of aliphatic carboxylic acids is 1. The Balaban J connectivity index is 2.20. The van der Waals surface area contributed by atoms with E-state index in [0.717, 1.165) is 0 Å². The maximum Gasteiger partial charge on any atom is 0.313 e. The molecule has 1 unspecified atom stereocenters. The summed E-state index contributed by atoms with van der Waals surface area (Å²) in [5, 5.41) is 19.4. The molecule has 1 aromatic carbocycles. The van der Waals surface area contributed by atoms with Crippen molar-refractivity contribution in [2.45, 2.75) is 63.4 Å². The fraction of sp³-hybridized carbons (Fsp3) is 0.588. The van der Waals surface area contributed by atoms with Crippen LogP contribution in [0.2, 0.25) is 0 Å². The van der Waals surface area contributed by atoms with E-state index in [9.17, 15) is 15.0 Å². The molecule has 0 amide bonds. The summed E-state index contributed by atoms with van der Waals surface area (Å²) in [5.41, 5.74) is 0.705. The van der Waals surface area contributed by atoms with E-state index in [0.29, 0.717) is 11.5 Å². The molecule has 0 saturated heterocycles. The molecule has 0 aliphatic heterocycles. The van der Waals surface area contributed by atoms with Crippen LogP contribution >= 0.6 is 0 Å². The molecule has 2 rings (SSSR count). The van der Waals surface area contributed by atoms with Crippen LogP contribution in [-0.2, 0) is 4.79 Å². The quantitative estimate of drug-likeness (QED) is 0.882. The number of carboxylic acid groups (broad SMARTS) is 1. The van der Waals surface area contributed by atoms with Crippen LogP contribution in [0.5, 0.6) is 0 Å². The lowest BCUT2D eigenvalue weighted by Gasteiger charge is -2.27. The Labute approximate surface area is 120 Å². The van der Waals surface area contributed by atoms with Gasteiger partial charge in [-0.3, -0.25) is 4.79 Å². The van der Waals surface area contributed by atoms with Crippen LogP contribution in [0.25, 0.3) is 0 Å². The van der Waals surface area contributed by atoms with Crippen LogP contribution < -0.4 is 0 Å². The van der Waals surface area contributed by atoms with Gasteiger partial charge in [-0.2, -0.15) is 0 Å². The molecule has 1 aliphatic carbocycles. The third-order valence-corrected chi connectivity index (χ3v) is 4.30. The van der Waals surface area contributed by atoms with Crippen LogP contribution in [0.15, 0.2) is 24.3 Å². The van der Waals surface area contributed by atoms with Gasteiger partial charge in [0.15, 0.2) is 0 Å². The Morgan fingerprint density at radius 3 is 2.15 bits per heavy atom. The first-order valence-electron chi connectivity index (χ1n) is 7.44. The normalized spacial score (nSPS) is 18.8. The highest BCUT2D eigenvalue weighted by atomic mass is 16.4. The van der Waals surface area contributed by atoms with Gasteiger partial charge < -0.3 is 10.2 Å².